The van der Waals surface area contributed by atoms with Crippen LogP contribution in [0.4, 0.5) is 0 Å². The molecule has 0 spiro atoms. The third-order valence-electron chi connectivity index (χ3n) is 14.6. The molecule has 1 saturated heterocycles. The number of aliphatic carboxylic acids is 1. The molecule has 1 heterocycles. The minimum Gasteiger partial charge on any atom is -0.479 e. The molecule has 514 valence electrons. The Kier molecular flexibility index (Phi) is 42.0. The Morgan fingerprint density at radius 2 is 1.09 bits per heavy atom. The Labute approximate surface area is 531 Å². The molecule has 0 aromatic rings. The summed E-state index contributed by atoms with van der Waals surface area (Å²) in [5, 5.41) is 76.4. The number of hydrogen-bond acceptors (Lipinski definition) is 20. The molecule has 0 bridgehead atoms. The minimum absolute atomic E-state index is 0.0799. The van der Waals surface area contributed by atoms with Crippen molar-refractivity contribution in [3.63, 3.8) is 0 Å². The van der Waals surface area contributed by atoms with Crippen LogP contribution in [0.25, 0.3) is 0 Å². The first-order chi connectivity index (χ1) is 42.8. The summed E-state index contributed by atoms with van der Waals surface area (Å²) < 4.78 is 5.41. The van der Waals surface area contributed by atoms with E-state index in [1.54, 1.807) is 0 Å². The lowest BCUT2D eigenvalue weighted by atomic mass is 10.0. The normalized spacial score (nSPS) is 23.5. The molecule has 1 aliphatic rings. The number of carboxylic acid groups (broad SMARTS) is 1. The van der Waals surface area contributed by atoms with Crippen LogP contribution in [0.1, 0.15) is 169 Å². The molecule has 0 aromatic heterocycles. The first-order valence-corrected chi connectivity index (χ1v) is 31.8. The number of unbranched alkanes of at least 4 members (excludes halogenated alkanes) is 13. The van der Waals surface area contributed by atoms with Gasteiger partial charge < -0.3 is 101 Å². The average Bonchev–Trinajstić information content (AvgIpc) is 1.35. The minimum atomic E-state index is -2.74. The van der Waals surface area contributed by atoms with E-state index in [2.05, 4.69) is 60.1 Å². The molecular weight excluding hydrogens is 1200 g/mol. The number of cyclic esters (lactones) is 1. The van der Waals surface area contributed by atoms with Gasteiger partial charge in [-0.05, 0) is 78.4 Å². The molecule has 21 N–H and O–H groups in total. The summed E-state index contributed by atoms with van der Waals surface area (Å²) in [5.74, 6) is -16.2. The molecule has 0 radical (unpaired) electrons. The van der Waals surface area contributed by atoms with E-state index in [9.17, 15) is 83.1 Å². The van der Waals surface area contributed by atoms with Crippen LogP contribution in [0.5, 0.6) is 0 Å². The SMILES string of the molecule is C/C=C1/NC(=O)C([C@H](C)O)NC(=O)[C@H](CCN)NC(=O)C([C@H](O)C(=O)O)NC(=O)C(CCCCN)NC(=O)[C@H](CC(=O)NCCCCCCC)NC(=O)C(CCN)NC(=O)C(NC(=O)C[C@H](O)CCCCCCCCCCC)COC(=O)C([C@H](O)CCl)NC1=O. The summed E-state index contributed by atoms with van der Waals surface area (Å²) in [6.45, 7) is 4.91. The highest BCUT2D eigenvalue weighted by molar-refractivity contribution is 6.18. The Bertz CT molecular complexity index is 2320. The molecule has 0 saturated carbocycles. The maximum atomic E-state index is 14.5. The van der Waals surface area contributed by atoms with E-state index in [-0.39, 0.29) is 51.9 Å². The second-order valence-corrected chi connectivity index (χ2v) is 22.5. The summed E-state index contributed by atoms with van der Waals surface area (Å²) in [7, 11) is 0. The van der Waals surface area contributed by atoms with Crippen LogP contribution in [0.3, 0.4) is 0 Å². The Balaban J connectivity index is 4.12. The quantitative estimate of drug-likeness (QED) is 0.0131. The molecule has 0 aliphatic carbocycles. The van der Waals surface area contributed by atoms with Crippen LogP contribution in [0.2, 0.25) is 0 Å². The van der Waals surface area contributed by atoms with Crippen molar-refractivity contribution in [3.05, 3.63) is 11.8 Å². The van der Waals surface area contributed by atoms with E-state index in [0.29, 0.717) is 12.8 Å². The maximum absolute atomic E-state index is 14.5. The van der Waals surface area contributed by atoms with Crippen molar-refractivity contribution < 1.29 is 87.8 Å². The number of amides is 10. The van der Waals surface area contributed by atoms with Crippen molar-refractivity contribution in [1.82, 2.24) is 53.2 Å². The van der Waals surface area contributed by atoms with Crippen molar-refractivity contribution in [2.75, 3.05) is 38.7 Å². The van der Waals surface area contributed by atoms with Gasteiger partial charge in [0, 0.05) is 6.54 Å². The van der Waals surface area contributed by atoms with Gasteiger partial charge in [-0.3, -0.25) is 47.9 Å². The predicted molar refractivity (Wildman–Crippen MR) is 329 cm³/mol. The molecule has 10 amide bonds. The van der Waals surface area contributed by atoms with Gasteiger partial charge in [-0.15, -0.1) is 11.6 Å². The highest BCUT2D eigenvalue weighted by Crippen LogP contribution is 2.14. The van der Waals surface area contributed by atoms with E-state index in [0.717, 1.165) is 90.0 Å². The molecule has 31 nitrogen and oxygen atoms in total. The third kappa shape index (κ3) is 31.9. The number of carboxylic acids is 1. The van der Waals surface area contributed by atoms with Crippen molar-refractivity contribution in [2.45, 2.75) is 242 Å². The van der Waals surface area contributed by atoms with Gasteiger partial charge in [-0.25, -0.2) is 9.59 Å². The zero-order valence-corrected chi connectivity index (χ0v) is 53.2. The number of aliphatic hydroxyl groups excluding tert-OH is 4. The van der Waals surface area contributed by atoms with Crippen molar-refractivity contribution >= 4 is 82.6 Å². The Morgan fingerprint density at radius 3 is 1.62 bits per heavy atom. The summed E-state index contributed by atoms with van der Waals surface area (Å²) in [5.41, 5.74) is 16.7. The summed E-state index contributed by atoms with van der Waals surface area (Å²) in [6, 6.07) is -15.6. The molecule has 6 unspecified atom stereocenters. The van der Waals surface area contributed by atoms with E-state index in [4.69, 9.17) is 33.5 Å². The molecular formula is C58H102ClN13O18. The molecule has 90 heavy (non-hydrogen) atoms. The number of allylic oxidation sites excluding steroid dienone is 1. The largest absolute Gasteiger partial charge is 0.479 e. The number of nitrogens with one attached hydrogen (secondary N) is 10. The van der Waals surface area contributed by atoms with Crippen LogP contribution in [-0.4, -0.2) is 208 Å². The number of aliphatic hydroxyl groups is 4. The molecule has 1 aliphatic heterocycles. The molecule has 1 fully saturated rings. The summed E-state index contributed by atoms with van der Waals surface area (Å²) >= 11 is 5.94. The fraction of sp³-hybridized carbons (Fsp3) is 0.759. The first kappa shape index (κ1) is 81.4. The highest BCUT2D eigenvalue weighted by Gasteiger charge is 2.40. The van der Waals surface area contributed by atoms with E-state index in [1.807, 2.05) is 6.92 Å². The van der Waals surface area contributed by atoms with Gasteiger partial charge >= 0.3 is 11.9 Å². The number of esters is 1. The van der Waals surface area contributed by atoms with Crippen molar-refractivity contribution in [2.24, 2.45) is 17.2 Å². The molecule has 32 heteroatoms. The number of carbonyl (C=O) groups excluding carboxylic acids is 11. The van der Waals surface area contributed by atoms with E-state index < -0.39 is 188 Å². The van der Waals surface area contributed by atoms with Crippen LogP contribution >= 0.6 is 11.6 Å². The van der Waals surface area contributed by atoms with Gasteiger partial charge in [0.2, 0.25) is 53.2 Å². The maximum Gasteiger partial charge on any atom is 0.335 e. The van der Waals surface area contributed by atoms with Crippen LogP contribution in [-0.2, 0) is 62.3 Å². The monoisotopic (exact) mass is 1300 g/mol. The topological polar surface area (TPSA) is 514 Å². The summed E-state index contributed by atoms with van der Waals surface area (Å²) in [6.07, 6.45) is 4.34. The lowest BCUT2D eigenvalue weighted by molar-refractivity contribution is -0.153. The number of halogens is 1. The fourth-order valence-corrected chi connectivity index (χ4v) is 9.44. The number of alkyl halides is 1. The van der Waals surface area contributed by atoms with Gasteiger partial charge in [0.1, 0.15) is 54.6 Å². The molecule has 1 rings (SSSR count). The van der Waals surface area contributed by atoms with Crippen LogP contribution < -0.4 is 70.4 Å². The number of hydrogen-bond donors (Lipinski definition) is 18. The van der Waals surface area contributed by atoms with E-state index in [1.165, 1.54) is 6.92 Å². The predicted octanol–water partition coefficient (Wildman–Crippen LogP) is -3.16. The summed E-state index contributed by atoms with van der Waals surface area (Å²) in [4.78, 5) is 166. The third-order valence-corrected chi connectivity index (χ3v) is 14.9. The number of carbonyl (C=O) groups is 12. The van der Waals surface area contributed by atoms with Gasteiger partial charge in [-0.1, -0.05) is 103 Å². The van der Waals surface area contributed by atoms with Gasteiger partial charge in [0.05, 0.1) is 37.0 Å². The van der Waals surface area contributed by atoms with Crippen molar-refractivity contribution in [1.29, 1.82) is 0 Å². The van der Waals surface area contributed by atoms with Crippen molar-refractivity contribution in [3.8, 4) is 0 Å². The van der Waals surface area contributed by atoms with Crippen LogP contribution in [0.15, 0.2) is 11.8 Å². The van der Waals surface area contributed by atoms with Gasteiger partial charge in [0.25, 0.3) is 5.91 Å². The lowest BCUT2D eigenvalue weighted by Crippen LogP contribution is -2.63. The lowest BCUT2D eigenvalue weighted by Gasteiger charge is -2.29. The standard InChI is InChI=1S/C58H102ClN13O18/c1-5-8-10-12-13-14-15-16-18-22-35(74)30-44(77)64-41-33-90-58(89)46(42(75)32-59)71-49(79)36(7-3)65-55(85)45(34(4)73)70-52(82)39(25-28-62)68-56(86)47(48(78)57(87)88)72-51(81)37(23-19-20-26-60)66-53(83)40(31-43(76)63-29-21-17-11-9-6-2)69-50(80)38(24-27-61)67-54(41)84/h7,34-35,37-42,45-48,73-75,78H,5-6,8-33,60-62H2,1-4H3,(H,63,76)(H,64,77)(H,65,85)(H,66,83)(H,67,84)(H,68,86)(H,69,80)(H,70,82)(H,71,79)(H,72,81)(H,87,88)/b36-7+/t34-,35+,37?,38?,39-,40-,41?,42+,45?,46?,47?,48-/m0/s1. The Morgan fingerprint density at radius 1 is 0.589 bits per heavy atom. The second-order valence-electron chi connectivity index (χ2n) is 22.2. The van der Waals surface area contributed by atoms with Crippen LogP contribution in [0, 0.1) is 0 Å². The smallest absolute Gasteiger partial charge is 0.335 e. The number of rotatable bonds is 34. The Hall–Kier alpha value is -6.61. The number of ether oxygens (including phenoxy) is 1. The first-order valence-electron chi connectivity index (χ1n) is 31.3. The fourth-order valence-electron chi connectivity index (χ4n) is 9.27. The second kappa shape index (κ2) is 46.5. The van der Waals surface area contributed by atoms with Gasteiger partial charge in [0.15, 0.2) is 12.1 Å². The van der Waals surface area contributed by atoms with Gasteiger partial charge in [-0.2, -0.15) is 0 Å². The molecule has 12 atom stereocenters. The number of nitrogens with two attached hydrogens (primary N) is 3. The average molecular weight is 1300 g/mol. The zero-order valence-electron chi connectivity index (χ0n) is 52.5. The zero-order chi connectivity index (χ0) is 67.7. The van der Waals surface area contributed by atoms with E-state index >= 15 is 0 Å². The highest BCUT2D eigenvalue weighted by atomic mass is 35.5. The molecule has 0 aromatic carbocycles.